The van der Waals surface area contributed by atoms with Crippen LogP contribution in [0.1, 0.15) is 30.0 Å². The number of hydrogen-bond acceptors (Lipinski definition) is 7. The maximum Gasteiger partial charge on any atom is 0.327 e. The molecule has 0 aliphatic carbocycles. The summed E-state index contributed by atoms with van der Waals surface area (Å²) in [6, 6.07) is 4.18. The van der Waals surface area contributed by atoms with Crippen LogP contribution in [0.25, 0.3) is 0 Å². The number of rotatable bonds is 7. The molecule has 1 heterocycles. The molecule has 118 valence electrons. The molecule has 0 atom stereocenters. The average molecular weight is 340 g/mol. The van der Waals surface area contributed by atoms with Gasteiger partial charge in [-0.2, -0.15) is 10.5 Å². The van der Waals surface area contributed by atoms with Crippen LogP contribution in [0.5, 0.6) is 0 Å². The molecule has 0 spiro atoms. The van der Waals surface area contributed by atoms with E-state index in [1.807, 2.05) is 6.92 Å². The highest BCUT2D eigenvalue weighted by Crippen LogP contribution is 2.26. The Bertz CT molecular complexity index is 663. The Morgan fingerprint density at radius 3 is 2.45 bits per heavy atom. The second-order valence-corrected chi connectivity index (χ2v) is 5.68. The lowest BCUT2D eigenvalue weighted by Crippen LogP contribution is -2.25. The van der Waals surface area contributed by atoms with Gasteiger partial charge in [0, 0.05) is 13.6 Å². The Morgan fingerprint density at radius 2 is 1.95 bits per heavy atom. The number of nitrogens with one attached hydrogen (secondary N) is 1. The van der Waals surface area contributed by atoms with Gasteiger partial charge in [0.25, 0.3) is 0 Å². The second-order valence-electron chi connectivity index (χ2n) is 4.51. The standard InChI is InChI=1S/C13H17N4O3PS/c1-3-4-9-10(7-14)12(16-13(22)11(9)8-15)17(2)5-6-20-21(18)19/h18-19H,3-6H2,1-2H3,(H,16,22). The maximum atomic E-state index is 9.45. The number of nitrogens with zero attached hydrogens (tertiary/aromatic N) is 3. The van der Waals surface area contributed by atoms with Crippen molar-refractivity contribution in [2.45, 2.75) is 19.8 Å². The minimum Gasteiger partial charge on any atom is -0.358 e. The van der Waals surface area contributed by atoms with Crippen molar-refractivity contribution in [2.75, 3.05) is 25.1 Å². The molecule has 0 aromatic carbocycles. The third-order valence-corrected chi connectivity index (χ3v) is 3.76. The van der Waals surface area contributed by atoms with E-state index in [9.17, 15) is 10.5 Å². The smallest absolute Gasteiger partial charge is 0.327 e. The fourth-order valence-corrected chi connectivity index (χ4v) is 2.54. The van der Waals surface area contributed by atoms with Crippen LogP contribution in [0, 0.1) is 27.3 Å². The lowest BCUT2D eigenvalue weighted by atomic mass is 10.00. The van der Waals surface area contributed by atoms with Gasteiger partial charge in [-0.3, -0.25) is 0 Å². The van der Waals surface area contributed by atoms with Crippen molar-refractivity contribution in [1.29, 1.82) is 10.5 Å². The molecule has 0 bridgehead atoms. The summed E-state index contributed by atoms with van der Waals surface area (Å²) in [5.74, 6) is 0.499. The zero-order valence-electron chi connectivity index (χ0n) is 12.3. The van der Waals surface area contributed by atoms with Crippen LogP contribution in [0.2, 0.25) is 0 Å². The molecule has 1 aromatic heterocycles. The average Bonchev–Trinajstić information content (AvgIpc) is 2.46. The van der Waals surface area contributed by atoms with Crippen LogP contribution in [0.4, 0.5) is 5.82 Å². The first-order chi connectivity index (χ1) is 10.5. The fourth-order valence-electron chi connectivity index (χ4n) is 2.03. The summed E-state index contributed by atoms with van der Waals surface area (Å²) in [6.45, 7) is 2.38. The predicted octanol–water partition coefficient (Wildman–Crippen LogP) is 2.10. The Kier molecular flexibility index (Phi) is 7.40. The van der Waals surface area contributed by atoms with Crippen LogP contribution in [0.15, 0.2) is 0 Å². The van der Waals surface area contributed by atoms with Crippen molar-refractivity contribution >= 4 is 26.6 Å². The topological polar surface area (TPSA) is 116 Å². The Hall–Kier alpha value is -1.54. The van der Waals surface area contributed by atoms with Crippen molar-refractivity contribution < 1.29 is 14.3 Å². The molecule has 0 unspecified atom stereocenters. The van der Waals surface area contributed by atoms with E-state index < -0.39 is 8.60 Å². The maximum absolute atomic E-state index is 9.45. The van der Waals surface area contributed by atoms with Gasteiger partial charge in [0.2, 0.25) is 0 Å². The molecule has 0 saturated heterocycles. The molecular weight excluding hydrogens is 323 g/mol. The number of hydrogen-bond donors (Lipinski definition) is 3. The van der Waals surface area contributed by atoms with E-state index in [1.165, 1.54) is 0 Å². The number of anilines is 1. The molecule has 0 saturated carbocycles. The molecule has 9 heteroatoms. The SMILES string of the molecule is CCCc1c(C#N)c(N(C)CCOP(O)O)[nH]c(=S)c1C#N. The van der Waals surface area contributed by atoms with Gasteiger partial charge in [0.1, 0.15) is 22.6 Å². The fraction of sp³-hybridized carbons (Fsp3) is 0.462. The first-order valence-electron chi connectivity index (χ1n) is 6.57. The zero-order valence-corrected chi connectivity index (χ0v) is 14.0. The van der Waals surface area contributed by atoms with Gasteiger partial charge >= 0.3 is 8.60 Å². The Balaban J connectivity index is 3.23. The van der Waals surface area contributed by atoms with Gasteiger partial charge in [0.15, 0.2) is 0 Å². The van der Waals surface area contributed by atoms with E-state index in [1.54, 1.807) is 11.9 Å². The van der Waals surface area contributed by atoms with E-state index in [4.69, 9.17) is 26.5 Å². The summed E-state index contributed by atoms with van der Waals surface area (Å²) in [4.78, 5) is 22.1. The van der Waals surface area contributed by atoms with Crippen LogP contribution in [0.3, 0.4) is 0 Å². The highest BCUT2D eigenvalue weighted by molar-refractivity contribution is 7.71. The quantitative estimate of drug-likeness (QED) is 0.514. The predicted molar refractivity (Wildman–Crippen MR) is 85.6 cm³/mol. The number of H-pyrrole nitrogens is 1. The largest absolute Gasteiger partial charge is 0.358 e. The molecule has 0 aliphatic heterocycles. The summed E-state index contributed by atoms with van der Waals surface area (Å²) in [5.41, 5.74) is 1.35. The summed E-state index contributed by atoms with van der Waals surface area (Å²) in [5, 5.41) is 18.7. The molecule has 3 N–H and O–H groups in total. The molecule has 0 amide bonds. The monoisotopic (exact) mass is 340 g/mol. The number of pyridine rings is 1. The molecule has 1 rings (SSSR count). The molecule has 7 nitrogen and oxygen atoms in total. The first-order valence-corrected chi connectivity index (χ1v) is 8.14. The van der Waals surface area contributed by atoms with Gasteiger partial charge in [-0.25, -0.2) is 0 Å². The molecule has 0 radical (unpaired) electrons. The van der Waals surface area contributed by atoms with Gasteiger partial charge < -0.3 is 24.2 Å². The second kappa shape index (κ2) is 8.79. The van der Waals surface area contributed by atoms with Gasteiger partial charge in [-0.1, -0.05) is 25.6 Å². The number of likely N-dealkylation sites (N-methyl/N-ethyl adjacent to an activating group) is 1. The van der Waals surface area contributed by atoms with Crippen molar-refractivity contribution in [1.82, 2.24) is 4.98 Å². The number of aromatic nitrogens is 1. The molecule has 22 heavy (non-hydrogen) atoms. The minimum atomic E-state index is -2.40. The van der Waals surface area contributed by atoms with Crippen LogP contribution in [-0.4, -0.2) is 35.0 Å². The summed E-state index contributed by atoms with van der Waals surface area (Å²) < 4.78 is 5.01. The lowest BCUT2D eigenvalue weighted by Gasteiger charge is -2.22. The minimum absolute atomic E-state index is 0.0871. The van der Waals surface area contributed by atoms with E-state index in [0.717, 1.165) is 6.42 Å². The summed E-state index contributed by atoms with van der Waals surface area (Å²) in [6.07, 6.45) is 1.37. The lowest BCUT2D eigenvalue weighted by molar-refractivity contribution is 0.261. The molecule has 1 aromatic rings. The van der Waals surface area contributed by atoms with Crippen molar-refractivity contribution in [3.63, 3.8) is 0 Å². The Morgan fingerprint density at radius 1 is 1.32 bits per heavy atom. The highest BCUT2D eigenvalue weighted by Gasteiger charge is 2.18. The molecular formula is C13H17N4O3PS. The van der Waals surface area contributed by atoms with Gasteiger partial charge in [0.05, 0.1) is 17.7 Å². The van der Waals surface area contributed by atoms with Crippen molar-refractivity contribution in [3.8, 4) is 12.1 Å². The van der Waals surface area contributed by atoms with E-state index >= 15 is 0 Å². The molecule has 0 aliphatic rings. The third-order valence-electron chi connectivity index (χ3n) is 3.04. The van der Waals surface area contributed by atoms with Crippen LogP contribution < -0.4 is 4.90 Å². The first kappa shape index (κ1) is 18.5. The third kappa shape index (κ3) is 4.48. The normalized spacial score (nSPS) is 10.3. The van der Waals surface area contributed by atoms with Crippen LogP contribution >= 0.6 is 20.8 Å². The zero-order chi connectivity index (χ0) is 16.7. The Labute approximate surface area is 135 Å². The highest BCUT2D eigenvalue weighted by atomic mass is 32.1. The van der Waals surface area contributed by atoms with E-state index in [2.05, 4.69) is 17.1 Å². The summed E-state index contributed by atoms with van der Waals surface area (Å²) >= 11 is 5.20. The van der Waals surface area contributed by atoms with Gasteiger partial charge in [-0.15, -0.1) is 0 Å². The van der Waals surface area contributed by atoms with Crippen molar-refractivity contribution in [2.24, 2.45) is 0 Å². The number of nitriles is 2. The van der Waals surface area contributed by atoms with Crippen LogP contribution in [-0.2, 0) is 10.9 Å². The number of aromatic amines is 1. The van der Waals surface area contributed by atoms with Gasteiger partial charge in [-0.05, 0) is 12.0 Å². The summed E-state index contributed by atoms with van der Waals surface area (Å²) in [7, 11) is -0.677. The van der Waals surface area contributed by atoms with E-state index in [-0.39, 0.29) is 6.61 Å². The van der Waals surface area contributed by atoms with Crippen molar-refractivity contribution in [3.05, 3.63) is 21.3 Å². The van der Waals surface area contributed by atoms with E-state index in [0.29, 0.717) is 40.1 Å². The molecule has 0 fully saturated rings.